The van der Waals surface area contributed by atoms with Crippen LogP contribution in [0.15, 0.2) is 23.0 Å². The Kier molecular flexibility index (Phi) is 5.63. The molecule has 0 bridgehead atoms. The number of aromatic hydroxyl groups is 1. The number of thioether (sulfide) groups is 1. The molecular formula is C22H25N3O3S2. The van der Waals surface area contributed by atoms with Gasteiger partial charge in [-0.15, -0.1) is 23.1 Å². The van der Waals surface area contributed by atoms with Crippen molar-refractivity contribution in [1.82, 2.24) is 9.97 Å². The summed E-state index contributed by atoms with van der Waals surface area (Å²) < 4.78 is 0. The zero-order valence-corrected chi connectivity index (χ0v) is 18.9. The second-order valence-corrected chi connectivity index (χ2v) is 10.6. The zero-order valence-electron chi connectivity index (χ0n) is 17.3. The van der Waals surface area contributed by atoms with Crippen LogP contribution < -0.4 is 10.9 Å². The number of amides is 1. The van der Waals surface area contributed by atoms with Crippen LogP contribution in [-0.4, -0.2) is 26.7 Å². The number of thiophene rings is 1. The van der Waals surface area contributed by atoms with Crippen molar-refractivity contribution in [2.24, 2.45) is 0 Å². The quantitative estimate of drug-likeness (QED) is 0.510. The fourth-order valence-electron chi connectivity index (χ4n) is 3.64. The number of carbonyl (C=O) groups excluding carboxylic acids is 1. The van der Waals surface area contributed by atoms with Crippen molar-refractivity contribution in [3.63, 3.8) is 0 Å². The highest BCUT2D eigenvalue weighted by molar-refractivity contribution is 7.99. The Morgan fingerprint density at radius 3 is 2.90 bits per heavy atom. The summed E-state index contributed by atoms with van der Waals surface area (Å²) in [4.78, 5) is 34.4. The summed E-state index contributed by atoms with van der Waals surface area (Å²) in [5, 5.41) is 13.6. The Hall–Kier alpha value is -2.32. The maximum Gasteiger partial charge on any atom is 0.259 e. The van der Waals surface area contributed by atoms with E-state index in [4.69, 9.17) is 0 Å². The molecule has 2 heterocycles. The van der Waals surface area contributed by atoms with E-state index in [1.165, 1.54) is 22.2 Å². The van der Waals surface area contributed by atoms with Gasteiger partial charge in [0.15, 0.2) is 0 Å². The van der Waals surface area contributed by atoms with Crippen molar-refractivity contribution in [1.29, 1.82) is 0 Å². The Labute approximate surface area is 183 Å². The van der Waals surface area contributed by atoms with E-state index < -0.39 is 0 Å². The molecule has 0 spiro atoms. The van der Waals surface area contributed by atoms with Crippen LogP contribution in [-0.2, 0) is 28.8 Å². The van der Waals surface area contributed by atoms with Crippen LogP contribution in [0.1, 0.15) is 49.0 Å². The lowest BCUT2D eigenvalue weighted by Crippen LogP contribution is -2.17. The van der Waals surface area contributed by atoms with Crippen molar-refractivity contribution in [3.8, 4) is 5.75 Å². The number of benzene rings is 1. The third kappa shape index (κ3) is 4.25. The Bertz CT molecular complexity index is 1170. The topological polar surface area (TPSA) is 95.1 Å². The third-order valence-corrected chi connectivity index (χ3v) is 7.36. The number of H-pyrrole nitrogens is 1. The van der Waals surface area contributed by atoms with E-state index in [2.05, 4.69) is 36.1 Å². The fraction of sp³-hybridized carbons (Fsp3) is 0.409. The molecule has 30 heavy (non-hydrogen) atoms. The first-order chi connectivity index (χ1) is 14.2. The molecule has 1 amide bonds. The first-order valence-corrected chi connectivity index (χ1v) is 11.9. The number of aromatic amines is 1. The minimum absolute atomic E-state index is 0.0449. The largest absolute Gasteiger partial charge is 0.506 e. The molecule has 3 aromatic rings. The molecule has 0 atom stereocenters. The number of aryl methyl sites for hydroxylation is 2. The maximum atomic E-state index is 12.5. The van der Waals surface area contributed by atoms with Gasteiger partial charge in [-0.05, 0) is 47.9 Å². The molecule has 2 aromatic heterocycles. The summed E-state index contributed by atoms with van der Waals surface area (Å²) in [7, 11) is 0. The van der Waals surface area contributed by atoms with Gasteiger partial charge >= 0.3 is 0 Å². The molecule has 6 nitrogen and oxygen atoms in total. The summed E-state index contributed by atoms with van der Waals surface area (Å²) in [5.41, 5.74) is 2.44. The lowest BCUT2D eigenvalue weighted by molar-refractivity contribution is -0.113. The SMILES string of the molecule is CC(C)(C)c1ccc(O)c(NC(=O)CSCc2nc3sc4c(c3c(=O)[nH]2)CCC4)c1. The number of nitrogens with one attached hydrogen (secondary N) is 2. The van der Waals surface area contributed by atoms with Crippen LogP contribution in [0.3, 0.4) is 0 Å². The monoisotopic (exact) mass is 443 g/mol. The highest BCUT2D eigenvalue weighted by atomic mass is 32.2. The van der Waals surface area contributed by atoms with Gasteiger partial charge < -0.3 is 15.4 Å². The lowest BCUT2D eigenvalue weighted by Gasteiger charge is -2.20. The van der Waals surface area contributed by atoms with Gasteiger partial charge in [0.25, 0.3) is 5.56 Å². The highest BCUT2D eigenvalue weighted by Crippen LogP contribution is 2.34. The van der Waals surface area contributed by atoms with Crippen LogP contribution in [0.5, 0.6) is 5.75 Å². The molecule has 0 unspecified atom stereocenters. The summed E-state index contributed by atoms with van der Waals surface area (Å²) >= 11 is 2.99. The summed E-state index contributed by atoms with van der Waals surface area (Å²) in [6, 6.07) is 5.27. The van der Waals surface area contributed by atoms with E-state index in [-0.39, 0.29) is 28.4 Å². The Morgan fingerprint density at radius 1 is 1.33 bits per heavy atom. The average molecular weight is 444 g/mol. The minimum Gasteiger partial charge on any atom is -0.506 e. The molecule has 1 aliphatic carbocycles. The molecular weight excluding hydrogens is 418 g/mol. The second-order valence-electron chi connectivity index (χ2n) is 8.57. The predicted molar refractivity (Wildman–Crippen MR) is 124 cm³/mol. The predicted octanol–water partition coefficient (Wildman–Crippen LogP) is 4.35. The van der Waals surface area contributed by atoms with Crippen molar-refractivity contribution in [3.05, 3.63) is 50.4 Å². The number of hydrogen-bond donors (Lipinski definition) is 3. The highest BCUT2D eigenvalue weighted by Gasteiger charge is 2.21. The molecule has 1 aliphatic rings. The number of rotatable bonds is 5. The van der Waals surface area contributed by atoms with E-state index in [1.807, 2.05) is 6.07 Å². The lowest BCUT2D eigenvalue weighted by atomic mass is 9.87. The number of nitrogens with zero attached hydrogens (tertiary/aromatic N) is 1. The van der Waals surface area contributed by atoms with Gasteiger partial charge in [-0.1, -0.05) is 26.8 Å². The Morgan fingerprint density at radius 2 is 2.13 bits per heavy atom. The molecule has 3 N–H and O–H groups in total. The van der Waals surface area contributed by atoms with E-state index in [0.29, 0.717) is 17.3 Å². The molecule has 8 heteroatoms. The number of carbonyl (C=O) groups is 1. The number of hydrogen-bond acceptors (Lipinski definition) is 6. The van der Waals surface area contributed by atoms with Crippen molar-refractivity contribution < 1.29 is 9.90 Å². The van der Waals surface area contributed by atoms with E-state index in [9.17, 15) is 14.7 Å². The van der Waals surface area contributed by atoms with E-state index >= 15 is 0 Å². The van der Waals surface area contributed by atoms with Crippen LogP contribution in [0, 0.1) is 0 Å². The van der Waals surface area contributed by atoms with Gasteiger partial charge in [-0.2, -0.15) is 0 Å². The maximum absolute atomic E-state index is 12.5. The normalized spacial score (nSPS) is 13.6. The second kappa shape index (κ2) is 8.07. The third-order valence-electron chi connectivity index (χ3n) is 5.23. The van der Waals surface area contributed by atoms with Gasteiger partial charge in [0.05, 0.1) is 22.6 Å². The first kappa shape index (κ1) is 20.9. The van der Waals surface area contributed by atoms with Crippen LogP contribution in [0.25, 0.3) is 10.2 Å². The molecule has 0 radical (unpaired) electrons. The number of aromatic nitrogens is 2. The van der Waals surface area contributed by atoms with Gasteiger partial charge in [-0.3, -0.25) is 9.59 Å². The summed E-state index contributed by atoms with van der Waals surface area (Å²) in [5.74, 6) is 1.06. The van der Waals surface area contributed by atoms with Gasteiger partial charge in [0.2, 0.25) is 5.91 Å². The van der Waals surface area contributed by atoms with E-state index in [0.717, 1.165) is 35.0 Å². The minimum atomic E-state index is -0.208. The summed E-state index contributed by atoms with van der Waals surface area (Å²) in [6.45, 7) is 6.23. The van der Waals surface area contributed by atoms with Crippen molar-refractivity contribution in [2.45, 2.75) is 51.2 Å². The number of phenols is 1. The van der Waals surface area contributed by atoms with Crippen LogP contribution >= 0.6 is 23.1 Å². The molecule has 1 aromatic carbocycles. The number of fused-ring (bicyclic) bond motifs is 3. The van der Waals surface area contributed by atoms with Gasteiger partial charge in [0, 0.05) is 4.88 Å². The van der Waals surface area contributed by atoms with Gasteiger partial charge in [0.1, 0.15) is 16.4 Å². The molecule has 158 valence electrons. The summed E-state index contributed by atoms with van der Waals surface area (Å²) in [6.07, 6.45) is 3.10. The van der Waals surface area contributed by atoms with Gasteiger partial charge in [-0.25, -0.2) is 4.98 Å². The zero-order chi connectivity index (χ0) is 21.5. The molecule has 4 rings (SSSR count). The molecule has 0 aliphatic heterocycles. The van der Waals surface area contributed by atoms with Crippen LogP contribution in [0.4, 0.5) is 5.69 Å². The smallest absolute Gasteiger partial charge is 0.259 e. The molecule has 0 fully saturated rings. The Balaban J connectivity index is 1.39. The van der Waals surface area contributed by atoms with Crippen LogP contribution in [0.2, 0.25) is 0 Å². The number of anilines is 1. The average Bonchev–Trinajstić information content (AvgIpc) is 3.23. The molecule has 0 saturated heterocycles. The van der Waals surface area contributed by atoms with Crippen molar-refractivity contribution >= 4 is 44.9 Å². The van der Waals surface area contributed by atoms with Crippen molar-refractivity contribution in [2.75, 3.05) is 11.1 Å². The fourth-order valence-corrected chi connectivity index (χ4v) is 5.62. The standard InChI is InChI=1S/C22H25N3O3S2/c1-22(2,3)12-7-8-15(26)14(9-12)23-18(27)11-29-10-17-24-20(28)19-13-5-4-6-16(13)30-21(19)25-17/h7-9,26H,4-6,10-11H2,1-3H3,(H,23,27)(H,24,25,28). The number of phenolic OH excluding ortho intramolecular Hbond substituents is 1. The molecule has 0 saturated carbocycles. The first-order valence-electron chi connectivity index (χ1n) is 9.97. The van der Waals surface area contributed by atoms with E-state index in [1.54, 1.807) is 23.5 Å².